The molecule has 7 nitrogen and oxygen atoms in total. The summed E-state index contributed by atoms with van der Waals surface area (Å²) in [6.07, 6.45) is 5.64. The van der Waals surface area contributed by atoms with Crippen molar-refractivity contribution < 1.29 is 9.72 Å². The molecule has 0 spiro atoms. The van der Waals surface area contributed by atoms with Gasteiger partial charge >= 0.3 is 0 Å². The van der Waals surface area contributed by atoms with Crippen LogP contribution in [0, 0.1) is 29.9 Å². The van der Waals surface area contributed by atoms with E-state index in [0.717, 1.165) is 25.2 Å². The van der Waals surface area contributed by atoms with Crippen molar-refractivity contribution in [1.29, 1.82) is 0 Å². The van der Waals surface area contributed by atoms with Crippen molar-refractivity contribution in [2.75, 3.05) is 13.1 Å². The molecule has 7 heteroatoms. The molecule has 0 atom stereocenters. The molecule has 0 bridgehead atoms. The van der Waals surface area contributed by atoms with Gasteiger partial charge in [-0.3, -0.25) is 14.9 Å². The summed E-state index contributed by atoms with van der Waals surface area (Å²) < 4.78 is 2.14. The van der Waals surface area contributed by atoms with E-state index in [0.29, 0.717) is 30.1 Å². The number of nitro groups is 1. The van der Waals surface area contributed by atoms with E-state index in [-0.39, 0.29) is 11.6 Å². The third kappa shape index (κ3) is 3.70. The maximum absolute atomic E-state index is 12.7. The van der Waals surface area contributed by atoms with Crippen LogP contribution < -0.4 is 0 Å². The Morgan fingerprint density at radius 3 is 2.64 bits per heavy atom. The van der Waals surface area contributed by atoms with Crippen LogP contribution in [0.2, 0.25) is 0 Å². The largest absolute Gasteiger partial charge is 0.339 e. The summed E-state index contributed by atoms with van der Waals surface area (Å²) in [5, 5.41) is 11.1. The highest BCUT2D eigenvalue weighted by atomic mass is 16.6. The van der Waals surface area contributed by atoms with Crippen LogP contribution in [-0.2, 0) is 6.54 Å². The predicted molar refractivity (Wildman–Crippen MR) is 93.4 cm³/mol. The average molecular weight is 342 g/mol. The van der Waals surface area contributed by atoms with Gasteiger partial charge in [0.1, 0.15) is 5.82 Å². The van der Waals surface area contributed by atoms with Crippen LogP contribution in [0.25, 0.3) is 0 Å². The number of carbonyl (C=O) groups is 1. The highest BCUT2D eigenvalue weighted by molar-refractivity contribution is 5.95. The molecule has 1 fully saturated rings. The number of aromatic nitrogens is 2. The number of hydrogen-bond donors (Lipinski definition) is 0. The minimum absolute atomic E-state index is 0.00341. The topological polar surface area (TPSA) is 81.3 Å². The Morgan fingerprint density at radius 2 is 2.04 bits per heavy atom. The van der Waals surface area contributed by atoms with E-state index >= 15 is 0 Å². The first-order valence-corrected chi connectivity index (χ1v) is 8.47. The monoisotopic (exact) mass is 342 g/mol. The maximum Gasteiger partial charge on any atom is 0.273 e. The van der Waals surface area contributed by atoms with Crippen molar-refractivity contribution in [3.63, 3.8) is 0 Å². The van der Waals surface area contributed by atoms with Crippen molar-refractivity contribution in [2.24, 2.45) is 5.92 Å². The van der Waals surface area contributed by atoms with Gasteiger partial charge in [0.2, 0.25) is 0 Å². The summed E-state index contributed by atoms with van der Waals surface area (Å²) in [4.78, 5) is 29.3. The molecule has 1 aliphatic heterocycles. The van der Waals surface area contributed by atoms with Crippen molar-refractivity contribution in [3.8, 4) is 0 Å². The first-order chi connectivity index (χ1) is 12.0. The van der Waals surface area contributed by atoms with Gasteiger partial charge in [-0.2, -0.15) is 0 Å². The Morgan fingerprint density at radius 1 is 1.32 bits per heavy atom. The first kappa shape index (κ1) is 17.1. The zero-order chi connectivity index (χ0) is 18.0. The van der Waals surface area contributed by atoms with E-state index in [1.807, 2.05) is 13.1 Å². The molecule has 3 rings (SSSR count). The predicted octanol–water partition coefficient (Wildman–Crippen LogP) is 2.96. The molecule has 2 aromatic rings. The molecule has 2 heterocycles. The van der Waals surface area contributed by atoms with Gasteiger partial charge in [0, 0.05) is 49.2 Å². The number of likely N-dealkylation sites (tertiary alicyclic amines) is 1. The summed E-state index contributed by atoms with van der Waals surface area (Å²) in [5.41, 5.74) is 0.952. The summed E-state index contributed by atoms with van der Waals surface area (Å²) in [6.45, 7) is 5.95. The van der Waals surface area contributed by atoms with Crippen LogP contribution in [0.15, 0.2) is 30.6 Å². The molecule has 1 aromatic carbocycles. The van der Waals surface area contributed by atoms with Gasteiger partial charge in [-0.05, 0) is 38.7 Å². The standard InChI is InChI=1S/C18H22N4O3/c1-13-3-4-16(11-17(13)22(24)25)18(23)20-8-5-15(6-9-20)12-21-10-7-19-14(21)2/h3-4,7,10-11,15H,5-6,8-9,12H2,1-2H3. The number of nitrogens with zero attached hydrogens (tertiary/aromatic N) is 4. The molecule has 0 aliphatic carbocycles. The van der Waals surface area contributed by atoms with Crippen molar-refractivity contribution in [1.82, 2.24) is 14.5 Å². The molecular formula is C18H22N4O3. The normalized spacial score (nSPS) is 15.4. The number of piperidine rings is 1. The summed E-state index contributed by atoms with van der Waals surface area (Å²) in [5.74, 6) is 1.40. The van der Waals surface area contributed by atoms with Crippen LogP contribution in [0.3, 0.4) is 0 Å². The second-order valence-corrected chi connectivity index (χ2v) is 6.62. The molecule has 0 N–H and O–H groups in total. The van der Waals surface area contributed by atoms with Crippen LogP contribution in [0.5, 0.6) is 0 Å². The van der Waals surface area contributed by atoms with Gasteiger partial charge in [-0.15, -0.1) is 0 Å². The lowest BCUT2D eigenvalue weighted by Crippen LogP contribution is -2.39. The van der Waals surface area contributed by atoms with Crippen LogP contribution in [-0.4, -0.2) is 38.4 Å². The smallest absolute Gasteiger partial charge is 0.273 e. The lowest BCUT2D eigenvalue weighted by molar-refractivity contribution is -0.385. The highest BCUT2D eigenvalue weighted by Crippen LogP contribution is 2.24. The lowest BCUT2D eigenvalue weighted by atomic mass is 9.96. The molecule has 132 valence electrons. The van der Waals surface area contributed by atoms with Crippen LogP contribution in [0.4, 0.5) is 5.69 Å². The first-order valence-electron chi connectivity index (χ1n) is 8.47. The Labute approximate surface area is 146 Å². The van der Waals surface area contributed by atoms with Crippen LogP contribution >= 0.6 is 0 Å². The quantitative estimate of drug-likeness (QED) is 0.632. The van der Waals surface area contributed by atoms with E-state index in [1.54, 1.807) is 30.2 Å². The van der Waals surface area contributed by atoms with E-state index < -0.39 is 4.92 Å². The van der Waals surface area contributed by atoms with Crippen molar-refractivity contribution in [2.45, 2.75) is 33.2 Å². The minimum atomic E-state index is -0.439. The number of imidazole rings is 1. The number of nitro benzene ring substituents is 1. The van der Waals surface area contributed by atoms with Gasteiger partial charge in [-0.1, -0.05) is 6.07 Å². The molecular weight excluding hydrogens is 320 g/mol. The summed E-state index contributed by atoms with van der Waals surface area (Å²) in [6, 6.07) is 4.70. The molecule has 25 heavy (non-hydrogen) atoms. The van der Waals surface area contributed by atoms with E-state index in [1.165, 1.54) is 6.07 Å². The van der Waals surface area contributed by atoms with E-state index in [9.17, 15) is 14.9 Å². The van der Waals surface area contributed by atoms with Gasteiger partial charge in [0.05, 0.1) is 4.92 Å². The fraction of sp³-hybridized carbons (Fsp3) is 0.444. The lowest BCUT2D eigenvalue weighted by Gasteiger charge is -2.32. The van der Waals surface area contributed by atoms with Crippen LogP contribution in [0.1, 0.15) is 34.6 Å². The molecule has 0 unspecified atom stereocenters. The zero-order valence-corrected chi connectivity index (χ0v) is 14.5. The minimum Gasteiger partial charge on any atom is -0.339 e. The number of aryl methyl sites for hydroxylation is 2. The molecule has 0 saturated carbocycles. The van der Waals surface area contributed by atoms with Gasteiger partial charge in [-0.25, -0.2) is 4.98 Å². The Bertz CT molecular complexity index is 791. The Kier molecular flexibility index (Phi) is 4.83. The third-order valence-corrected chi connectivity index (χ3v) is 4.93. The summed E-state index contributed by atoms with van der Waals surface area (Å²) in [7, 11) is 0. The maximum atomic E-state index is 12.7. The highest BCUT2D eigenvalue weighted by Gasteiger charge is 2.25. The second kappa shape index (κ2) is 7.04. The second-order valence-electron chi connectivity index (χ2n) is 6.62. The number of amides is 1. The number of benzene rings is 1. The molecule has 1 saturated heterocycles. The van der Waals surface area contributed by atoms with Crippen molar-refractivity contribution >= 4 is 11.6 Å². The van der Waals surface area contributed by atoms with Crippen molar-refractivity contribution in [3.05, 3.63) is 57.7 Å². The SMILES string of the molecule is Cc1ccc(C(=O)N2CCC(Cn3ccnc3C)CC2)cc1[N+](=O)[O-]. The van der Waals surface area contributed by atoms with E-state index in [4.69, 9.17) is 0 Å². The number of carbonyl (C=O) groups excluding carboxylic acids is 1. The van der Waals surface area contributed by atoms with Gasteiger partial charge in [0.15, 0.2) is 0 Å². The van der Waals surface area contributed by atoms with Gasteiger partial charge in [0.25, 0.3) is 11.6 Å². The third-order valence-electron chi connectivity index (χ3n) is 4.93. The Hall–Kier alpha value is -2.70. The fourth-order valence-corrected chi connectivity index (χ4v) is 3.32. The number of hydrogen-bond acceptors (Lipinski definition) is 4. The van der Waals surface area contributed by atoms with E-state index in [2.05, 4.69) is 9.55 Å². The fourth-order valence-electron chi connectivity index (χ4n) is 3.32. The zero-order valence-electron chi connectivity index (χ0n) is 14.5. The number of rotatable bonds is 4. The molecule has 1 amide bonds. The molecule has 0 radical (unpaired) electrons. The molecule has 1 aromatic heterocycles. The molecule has 1 aliphatic rings. The Balaban J connectivity index is 1.63. The summed E-state index contributed by atoms with van der Waals surface area (Å²) >= 11 is 0. The average Bonchev–Trinajstić information content (AvgIpc) is 3.00. The van der Waals surface area contributed by atoms with Gasteiger partial charge < -0.3 is 9.47 Å².